The summed E-state index contributed by atoms with van der Waals surface area (Å²) >= 11 is 5.84. The molecule has 0 spiro atoms. The van der Waals surface area contributed by atoms with Crippen LogP contribution >= 0.6 is 11.6 Å². The maximum Gasteiger partial charge on any atom is 0.410 e. The maximum absolute atomic E-state index is 14.2. The molecule has 0 saturated heterocycles. The quantitative estimate of drug-likeness (QED) is 0.554. The Morgan fingerprint density at radius 3 is 2.78 bits per heavy atom. The van der Waals surface area contributed by atoms with Gasteiger partial charge < -0.3 is 18.9 Å². The van der Waals surface area contributed by atoms with E-state index in [0.29, 0.717) is 41.7 Å². The van der Waals surface area contributed by atoms with Crippen LogP contribution in [0.3, 0.4) is 0 Å². The van der Waals surface area contributed by atoms with E-state index in [-0.39, 0.29) is 12.7 Å². The Kier molecular flexibility index (Phi) is 6.06. The summed E-state index contributed by atoms with van der Waals surface area (Å²) < 4.78 is 27.4. The molecular weight excluding hydrogens is 435 g/mol. The number of hydrogen-bond acceptors (Lipinski definition) is 5. The van der Waals surface area contributed by atoms with Gasteiger partial charge in [0, 0.05) is 29.5 Å². The lowest BCUT2D eigenvalue weighted by Gasteiger charge is -2.31. The van der Waals surface area contributed by atoms with Gasteiger partial charge in [-0.1, -0.05) is 17.7 Å². The van der Waals surface area contributed by atoms with Crippen LogP contribution in [-0.4, -0.2) is 37.7 Å². The molecule has 0 radical (unpaired) electrons. The van der Waals surface area contributed by atoms with Crippen molar-refractivity contribution in [3.63, 3.8) is 0 Å². The van der Waals surface area contributed by atoms with Crippen LogP contribution in [0.2, 0.25) is 5.02 Å². The van der Waals surface area contributed by atoms with E-state index in [1.54, 1.807) is 40.3 Å². The Morgan fingerprint density at radius 1 is 1.28 bits per heavy atom. The number of ether oxygens (including phenoxy) is 2. The number of amides is 1. The standard InChI is InChI=1S/C23H24ClFN4O3/c1-23(2,3)32-22(30)28-8-6-15-10-20(29-9-7-26-14-29)21(27-19(15)12-28)31-13-16-4-5-17(24)11-18(16)25/h4-5,7,9-11,14H,6,8,12-13H2,1-3H3. The second-order valence-corrected chi connectivity index (χ2v) is 9.00. The summed E-state index contributed by atoms with van der Waals surface area (Å²) in [6.45, 7) is 6.32. The smallest absolute Gasteiger partial charge is 0.410 e. The monoisotopic (exact) mass is 458 g/mol. The molecule has 0 fully saturated rings. The molecule has 0 aliphatic carbocycles. The van der Waals surface area contributed by atoms with Gasteiger partial charge in [0.15, 0.2) is 0 Å². The highest BCUT2D eigenvalue weighted by Gasteiger charge is 2.28. The van der Waals surface area contributed by atoms with Crippen molar-refractivity contribution < 1.29 is 18.7 Å². The number of benzene rings is 1. The van der Waals surface area contributed by atoms with Gasteiger partial charge in [-0.15, -0.1) is 0 Å². The fraction of sp³-hybridized carbons (Fsp3) is 0.348. The molecule has 3 aromatic rings. The Balaban J connectivity index is 1.62. The van der Waals surface area contributed by atoms with Gasteiger partial charge >= 0.3 is 6.09 Å². The number of rotatable bonds is 4. The SMILES string of the molecule is CC(C)(C)OC(=O)N1CCc2cc(-n3ccnc3)c(OCc3ccc(Cl)cc3F)nc2C1. The number of fused-ring (bicyclic) bond motifs is 1. The van der Waals surface area contributed by atoms with E-state index in [1.165, 1.54) is 6.07 Å². The third-order valence-corrected chi connectivity index (χ3v) is 5.18. The van der Waals surface area contributed by atoms with Crippen molar-refractivity contribution in [3.05, 3.63) is 70.6 Å². The van der Waals surface area contributed by atoms with Gasteiger partial charge in [-0.25, -0.2) is 19.2 Å². The highest BCUT2D eigenvalue weighted by Crippen LogP contribution is 2.29. The van der Waals surface area contributed by atoms with Crippen molar-refractivity contribution in [1.82, 2.24) is 19.4 Å². The molecule has 32 heavy (non-hydrogen) atoms. The summed E-state index contributed by atoms with van der Waals surface area (Å²) in [4.78, 5) is 22.9. The van der Waals surface area contributed by atoms with Crippen LogP contribution < -0.4 is 4.74 Å². The minimum atomic E-state index is -0.576. The van der Waals surface area contributed by atoms with Crippen molar-refractivity contribution >= 4 is 17.7 Å². The van der Waals surface area contributed by atoms with Gasteiger partial charge in [0.05, 0.1) is 18.6 Å². The first-order chi connectivity index (χ1) is 15.2. The van der Waals surface area contributed by atoms with Crippen molar-refractivity contribution in [2.45, 2.75) is 45.9 Å². The zero-order valence-corrected chi connectivity index (χ0v) is 18.9. The molecular formula is C23H24ClFN4O3. The number of hydrogen-bond donors (Lipinski definition) is 0. The minimum absolute atomic E-state index is 0.0216. The number of carbonyl (C=O) groups excluding carboxylic acids is 1. The van der Waals surface area contributed by atoms with Gasteiger partial charge in [0.25, 0.3) is 0 Å². The lowest BCUT2D eigenvalue weighted by Crippen LogP contribution is -2.40. The van der Waals surface area contributed by atoms with E-state index in [0.717, 1.165) is 11.3 Å². The molecule has 0 atom stereocenters. The molecule has 0 bridgehead atoms. The third kappa shape index (κ3) is 5.02. The topological polar surface area (TPSA) is 69.5 Å². The molecule has 1 aromatic carbocycles. The Labute approximate surface area is 190 Å². The van der Waals surface area contributed by atoms with Crippen LogP contribution in [0.5, 0.6) is 5.88 Å². The van der Waals surface area contributed by atoms with Crippen LogP contribution in [0, 0.1) is 5.82 Å². The number of halogens is 2. The summed E-state index contributed by atoms with van der Waals surface area (Å²) in [6.07, 6.45) is 5.35. The lowest BCUT2D eigenvalue weighted by molar-refractivity contribution is 0.0220. The van der Waals surface area contributed by atoms with Gasteiger partial charge in [0.2, 0.25) is 5.88 Å². The van der Waals surface area contributed by atoms with E-state index in [9.17, 15) is 9.18 Å². The van der Waals surface area contributed by atoms with Gasteiger partial charge in [-0.05, 0) is 51.0 Å². The molecule has 1 aliphatic rings. The number of pyridine rings is 1. The van der Waals surface area contributed by atoms with Crippen molar-refractivity contribution in [2.24, 2.45) is 0 Å². The van der Waals surface area contributed by atoms with Gasteiger partial charge in [-0.2, -0.15) is 0 Å². The zero-order valence-electron chi connectivity index (χ0n) is 18.1. The second-order valence-electron chi connectivity index (χ2n) is 8.56. The highest BCUT2D eigenvalue weighted by atomic mass is 35.5. The third-order valence-electron chi connectivity index (χ3n) is 4.94. The van der Waals surface area contributed by atoms with Crippen LogP contribution in [0.4, 0.5) is 9.18 Å². The van der Waals surface area contributed by atoms with E-state index in [4.69, 9.17) is 26.1 Å². The van der Waals surface area contributed by atoms with E-state index < -0.39 is 11.4 Å². The minimum Gasteiger partial charge on any atom is -0.471 e. The molecule has 0 N–H and O–H groups in total. The molecule has 0 unspecified atom stereocenters. The van der Waals surface area contributed by atoms with Gasteiger partial charge in [-0.3, -0.25) is 0 Å². The molecule has 1 amide bonds. The first-order valence-electron chi connectivity index (χ1n) is 10.3. The fourth-order valence-corrected chi connectivity index (χ4v) is 3.55. The average molecular weight is 459 g/mol. The van der Waals surface area contributed by atoms with Crippen LogP contribution in [-0.2, 0) is 24.3 Å². The van der Waals surface area contributed by atoms with Crippen molar-refractivity contribution in [1.29, 1.82) is 0 Å². The molecule has 168 valence electrons. The summed E-state index contributed by atoms with van der Waals surface area (Å²) in [5, 5.41) is 0.319. The number of imidazole rings is 1. The van der Waals surface area contributed by atoms with Crippen LogP contribution in [0.15, 0.2) is 43.0 Å². The predicted molar refractivity (Wildman–Crippen MR) is 117 cm³/mol. The maximum atomic E-state index is 14.2. The molecule has 4 rings (SSSR count). The Hall–Kier alpha value is -3.13. The van der Waals surface area contributed by atoms with E-state index >= 15 is 0 Å². The number of carbonyl (C=O) groups is 1. The first-order valence-corrected chi connectivity index (χ1v) is 10.6. The Bertz CT molecular complexity index is 1130. The molecule has 2 aromatic heterocycles. The molecule has 0 saturated carbocycles. The normalized spacial score (nSPS) is 13.6. The molecule has 9 heteroatoms. The zero-order chi connectivity index (χ0) is 22.9. The van der Waals surface area contributed by atoms with E-state index in [1.807, 2.05) is 26.8 Å². The summed E-state index contributed by atoms with van der Waals surface area (Å²) in [7, 11) is 0. The predicted octanol–water partition coefficient (Wildman–Crippen LogP) is 4.93. The van der Waals surface area contributed by atoms with Gasteiger partial charge in [0.1, 0.15) is 23.7 Å². The average Bonchev–Trinajstić information content (AvgIpc) is 3.25. The molecule has 3 heterocycles. The number of aromatic nitrogens is 3. The van der Waals surface area contributed by atoms with Crippen LogP contribution in [0.1, 0.15) is 37.6 Å². The fourth-order valence-electron chi connectivity index (χ4n) is 3.39. The highest BCUT2D eigenvalue weighted by molar-refractivity contribution is 6.30. The van der Waals surface area contributed by atoms with E-state index in [2.05, 4.69) is 4.98 Å². The number of nitrogens with zero attached hydrogens (tertiary/aromatic N) is 4. The molecule has 1 aliphatic heterocycles. The summed E-state index contributed by atoms with van der Waals surface area (Å²) in [5.41, 5.74) is 2.21. The second kappa shape index (κ2) is 8.78. The largest absolute Gasteiger partial charge is 0.471 e. The van der Waals surface area contributed by atoms with Crippen molar-refractivity contribution in [2.75, 3.05) is 6.54 Å². The summed E-state index contributed by atoms with van der Waals surface area (Å²) in [5.74, 6) is -0.127. The molecule has 7 nitrogen and oxygen atoms in total. The van der Waals surface area contributed by atoms with Crippen molar-refractivity contribution in [3.8, 4) is 11.6 Å². The first kappa shape index (κ1) is 22.1. The summed E-state index contributed by atoms with van der Waals surface area (Å²) in [6, 6.07) is 6.41. The Morgan fingerprint density at radius 2 is 2.09 bits per heavy atom. The lowest BCUT2D eigenvalue weighted by atomic mass is 10.0. The van der Waals surface area contributed by atoms with Crippen LogP contribution in [0.25, 0.3) is 5.69 Å².